The van der Waals surface area contributed by atoms with E-state index in [1.807, 2.05) is 0 Å². The van der Waals surface area contributed by atoms with Crippen LogP contribution in [0.5, 0.6) is 0 Å². The lowest BCUT2D eigenvalue weighted by Crippen LogP contribution is -2.29. The molecule has 1 saturated heterocycles. The molecule has 1 unspecified atom stereocenters. The van der Waals surface area contributed by atoms with Crippen molar-refractivity contribution < 1.29 is 9.47 Å². The Morgan fingerprint density at radius 3 is 2.88 bits per heavy atom. The van der Waals surface area contributed by atoms with E-state index in [4.69, 9.17) is 27.4 Å². The van der Waals surface area contributed by atoms with E-state index in [1.54, 1.807) is 0 Å². The van der Waals surface area contributed by atoms with Gasteiger partial charge < -0.3 is 15.2 Å². The van der Waals surface area contributed by atoms with Gasteiger partial charge in [-0.3, -0.25) is 0 Å². The second-order valence-corrected chi connectivity index (χ2v) is 5.60. The van der Waals surface area contributed by atoms with Crippen LogP contribution in [0.2, 0.25) is 0 Å². The van der Waals surface area contributed by atoms with Crippen molar-refractivity contribution in [3.63, 3.8) is 0 Å². The third kappa shape index (κ3) is 4.76. The zero-order chi connectivity index (χ0) is 12.0. The molecular weight excluding hydrogens is 222 g/mol. The number of rotatable bonds is 7. The zero-order valence-corrected chi connectivity index (χ0v) is 11.1. The van der Waals surface area contributed by atoms with Crippen LogP contribution >= 0.6 is 12.2 Å². The Kier molecular flexibility index (Phi) is 5.66. The molecule has 0 amide bonds. The maximum absolute atomic E-state index is 5.66. The molecule has 1 heterocycles. The molecule has 0 bridgehead atoms. The summed E-state index contributed by atoms with van der Waals surface area (Å²) in [7, 11) is 0. The zero-order valence-electron chi connectivity index (χ0n) is 10.3. The highest BCUT2D eigenvalue weighted by Crippen LogP contribution is 2.22. The number of thiocarbonyl (C=S) groups is 1. The van der Waals surface area contributed by atoms with Gasteiger partial charge in [-0.2, -0.15) is 0 Å². The average Bonchev–Trinajstić information content (AvgIpc) is 2.69. The lowest BCUT2D eigenvalue weighted by Gasteiger charge is -2.22. The van der Waals surface area contributed by atoms with Crippen LogP contribution in [0.25, 0.3) is 0 Å². The van der Waals surface area contributed by atoms with Gasteiger partial charge in [0.15, 0.2) is 0 Å². The van der Waals surface area contributed by atoms with E-state index in [-0.39, 0.29) is 5.41 Å². The number of hydrogen-bond acceptors (Lipinski definition) is 3. The number of nitrogens with two attached hydrogens (primary N) is 1. The molecule has 0 spiro atoms. The van der Waals surface area contributed by atoms with Gasteiger partial charge in [-0.25, -0.2) is 0 Å². The normalized spacial score (nSPS) is 21.2. The molecule has 3 nitrogen and oxygen atoms in total. The minimum atomic E-state index is -0.0465. The van der Waals surface area contributed by atoms with E-state index in [0.717, 1.165) is 45.7 Å². The monoisotopic (exact) mass is 245 g/mol. The summed E-state index contributed by atoms with van der Waals surface area (Å²) in [5.41, 5.74) is 5.61. The molecule has 0 aliphatic carbocycles. The molecule has 0 saturated carbocycles. The maximum Gasteiger partial charge on any atom is 0.0784 e. The van der Waals surface area contributed by atoms with E-state index in [1.165, 1.54) is 0 Å². The second-order valence-electron chi connectivity index (χ2n) is 5.16. The summed E-state index contributed by atoms with van der Waals surface area (Å²) in [6.07, 6.45) is 3.14. The fraction of sp³-hybridized carbons (Fsp3) is 0.917. The topological polar surface area (TPSA) is 44.5 Å². The molecule has 0 radical (unpaired) electrons. The van der Waals surface area contributed by atoms with Crippen molar-refractivity contribution in [3.05, 3.63) is 0 Å². The van der Waals surface area contributed by atoms with Gasteiger partial charge in [0, 0.05) is 24.5 Å². The van der Waals surface area contributed by atoms with Gasteiger partial charge in [0.05, 0.1) is 18.2 Å². The van der Waals surface area contributed by atoms with Gasteiger partial charge in [-0.1, -0.05) is 26.1 Å². The molecule has 1 aliphatic rings. The largest absolute Gasteiger partial charge is 0.393 e. The first-order chi connectivity index (χ1) is 7.52. The van der Waals surface area contributed by atoms with Crippen molar-refractivity contribution >= 4 is 17.2 Å². The van der Waals surface area contributed by atoms with Crippen LogP contribution in [0.4, 0.5) is 0 Å². The molecule has 1 aliphatic heterocycles. The Labute approximate surface area is 104 Å². The van der Waals surface area contributed by atoms with Crippen LogP contribution in [0.3, 0.4) is 0 Å². The molecule has 1 rings (SSSR count). The van der Waals surface area contributed by atoms with Gasteiger partial charge >= 0.3 is 0 Å². The van der Waals surface area contributed by atoms with E-state index in [0.29, 0.717) is 10.9 Å². The fourth-order valence-corrected chi connectivity index (χ4v) is 1.81. The first-order valence-electron chi connectivity index (χ1n) is 5.98. The molecule has 0 aromatic carbocycles. The molecule has 4 heteroatoms. The Morgan fingerprint density at radius 1 is 1.56 bits per heavy atom. The fourth-order valence-electron chi connectivity index (χ4n) is 1.70. The van der Waals surface area contributed by atoms with Gasteiger partial charge in [0.2, 0.25) is 0 Å². The molecule has 1 atom stereocenters. The molecule has 16 heavy (non-hydrogen) atoms. The van der Waals surface area contributed by atoms with Gasteiger partial charge in [0.25, 0.3) is 0 Å². The Hall–Kier alpha value is -0.190. The van der Waals surface area contributed by atoms with Crippen molar-refractivity contribution in [2.24, 2.45) is 17.1 Å². The first kappa shape index (κ1) is 13.9. The molecule has 2 N–H and O–H groups in total. The predicted molar refractivity (Wildman–Crippen MR) is 69.5 cm³/mol. The quantitative estimate of drug-likeness (QED) is 0.551. The van der Waals surface area contributed by atoms with Crippen molar-refractivity contribution in [3.8, 4) is 0 Å². The summed E-state index contributed by atoms with van der Waals surface area (Å²) < 4.78 is 10.9. The Balaban J connectivity index is 2.01. The summed E-state index contributed by atoms with van der Waals surface area (Å²) in [5, 5.41) is 0. The summed E-state index contributed by atoms with van der Waals surface area (Å²) >= 11 is 5.02. The molecule has 94 valence electrons. The second kappa shape index (κ2) is 6.52. The van der Waals surface area contributed by atoms with Crippen molar-refractivity contribution in [1.29, 1.82) is 0 Å². The summed E-state index contributed by atoms with van der Waals surface area (Å²) in [4.78, 5) is 0.594. The molecule has 0 aromatic rings. The highest BCUT2D eigenvalue weighted by molar-refractivity contribution is 7.80. The van der Waals surface area contributed by atoms with Crippen LogP contribution in [0, 0.1) is 11.3 Å². The number of hydrogen-bond donors (Lipinski definition) is 1. The maximum atomic E-state index is 5.66. The smallest absolute Gasteiger partial charge is 0.0784 e. The van der Waals surface area contributed by atoms with E-state index < -0.39 is 0 Å². The molecule has 1 fully saturated rings. The third-order valence-electron chi connectivity index (χ3n) is 3.14. The number of ether oxygens (including phenoxy) is 2. The minimum Gasteiger partial charge on any atom is -0.393 e. The SMILES string of the molecule is CC(C)(CCCOCC1CCOC1)C(N)=S. The van der Waals surface area contributed by atoms with Crippen molar-refractivity contribution in [2.75, 3.05) is 26.4 Å². The molecule has 0 aromatic heterocycles. The van der Waals surface area contributed by atoms with Crippen LogP contribution < -0.4 is 5.73 Å². The van der Waals surface area contributed by atoms with Gasteiger partial charge in [-0.15, -0.1) is 0 Å². The van der Waals surface area contributed by atoms with Crippen LogP contribution in [-0.4, -0.2) is 31.4 Å². The minimum absolute atomic E-state index is 0.0465. The van der Waals surface area contributed by atoms with E-state index >= 15 is 0 Å². The molecular formula is C12H23NO2S. The summed E-state index contributed by atoms with van der Waals surface area (Å²) in [6.45, 7) is 7.54. The average molecular weight is 245 g/mol. The Bertz CT molecular complexity index is 225. The summed E-state index contributed by atoms with van der Waals surface area (Å²) in [5.74, 6) is 0.601. The van der Waals surface area contributed by atoms with Crippen molar-refractivity contribution in [2.45, 2.75) is 33.1 Å². The summed E-state index contributed by atoms with van der Waals surface area (Å²) in [6, 6.07) is 0. The first-order valence-corrected chi connectivity index (χ1v) is 6.38. The van der Waals surface area contributed by atoms with Gasteiger partial charge in [0.1, 0.15) is 0 Å². The standard InChI is InChI=1S/C12H23NO2S/c1-12(2,11(13)16)5-3-6-14-8-10-4-7-15-9-10/h10H,3-9H2,1-2H3,(H2,13,16). The van der Waals surface area contributed by atoms with Crippen LogP contribution in [0.1, 0.15) is 33.1 Å². The highest BCUT2D eigenvalue weighted by Gasteiger charge is 2.20. The van der Waals surface area contributed by atoms with E-state index in [2.05, 4.69) is 13.8 Å². The van der Waals surface area contributed by atoms with Gasteiger partial charge in [-0.05, 0) is 19.3 Å². The lowest BCUT2D eigenvalue weighted by molar-refractivity contribution is 0.0846. The van der Waals surface area contributed by atoms with Crippen LogP contribution in [0.15, 0.2) is 0 Å². The Morgan fingerprint density at radius 2 is 2.31 bits per heavy atom. The van der Waals surface area contributed by atoms with E-state index in [9.17, 15) is 0 Å². The highest BCUT2D eigenvalue weighted by atomic mass is 32.1. The van der Waals surface area contributed by atoms with Crippen molar-refractivity contribution in [1.82, 2.24) is 0 Å². The third-order valence-corrected chi connectivity index (χ3v) is 3.69. The van der Waals surface area contributed by atoms with Crippen LogP contribution in [-0.2, 0) is 9.47 Å². The predicted octanol–water partition coefficient (Wildman–Crippen LogP) is 2.13. The lowest BCUT2D eigenvalue weighted by atomic mass is 9.88.